The van der Waals surface area contributed by atoms with Gasteiger partial charge in [0.2, 0.25) is 0 Å². The normalized spacial score (nSPS) is 20.7. The van der Waals surface area contributed by atoms with Gasteiger partial charge < -0.3 is 5.32 Å². The Kier molecular flexibility index (Phi) is 10.7. The Labute approximate surface area is 158 Å². The quantitative estimate of drug-likeness (QED) is 0.339. The van der Waals surface area contributed by atoms with Crippen LogP contribution in [-0.2, 0) is 0 Å². The Bertz CT molecular complexity index is 429. The molecule has 0 amide bonds. The number of allylic oxidation sites excluding steroid dienone is 2. The minimum absolute atomic E-state index is 0.144. The molecule has 0 heterocycles. The van der Waals surface area contributed by atoms with Gasteiger partial charge in [0.05, 0.1) is 5.54 Å². The van der Waals surface area contributed by atoms with Gasteiger partial charge in [-0.05, 0) is 75.5 Å². The second-order valence-electron chi connectivity index (χ2n) is 8.31. The molecule has 1 aliphatic carbocycles. The van der Waals surface area contributed by atoms with Crippen LogP contribution < -0.4 is 5.32 Å². The lowest BCUT2D eigenvalue weighted by Crippen LogP contribution is -2.48. The second kappa shape index (κ2) is 11.9. The molecule has 1 rings (SSSR count). The molecule has 1 atom stereocenters. The van der Waals surface area contributed by atoms with Gasteiger partial charge >= 0.3 is 0 Å². The Balaban J connectivity index is 3.28. The minimum atomic E-state index is 0.144. The molecule has 0 aliphatic heterocycles. The fourth-order valence-corrected chi connectivity index (χ4v) is 4.31. The fourth-order valence-electron chi connectivity index (χ4n) is 4.31. The van der Waals surface area contributed by atoms with Crippen LogP contribution in [0.3, 0.4) is 0 Å². The first-order valence-corrected chi connectivity index (χ1v) is 11.3. The third-order valence-electron chi connectivity index (χ3n) is 5.54. The van der Waals surface area contributed by atoms with Gasteiger partial charge in [0.15, 0.2) is 0 Å². The lowest BCUT2D eigenvalue weighted by molar-refractivity contribution is 0.375. The van der Waals surface area contributed by atoms with E-state index in [-0.39, 0.29) is 5.54 Å². The summed E-state index contributed by atoms with van der Waals surface area (Å²) >= 11 is 0. The smallest absolute Gasteiger partial charge is 0.0593 e. The number of unbranched alkanes of at least 4 members (excludes halogenated alkanes) is 4. The maximum Gasteiger partial charge on any atom is 0.0593 e. The maximum absolute atomic E-state index is 4.03. The average Bonchev–Trinajstić information content (AvgIpc) is 2.86. The molecule has 0 spiro atoms. The van der Waals surface area contributed by atoms with Crippen LogP contribution in [-0.4, -0.2) is 11.6 Å². The van der Waals surface area contributed by atoms with Gasteiger partial charge in [-0.2, -0.15) is 0 Å². The summed E-state index contributed by atoms with van der Waals surface area (Å²) in [6.45, 7) is 13.9. The van der Waals surface area contributed by atoms with Gasteiger partial charge in [-0.25, -0.2) is 0 Å². The van der Waals surface area contributed by atoms with Crippen molar-refractivity contribution in [1.82, 2.24) is 5.32 Å². The molecule has 1 heteroatoms. The van der Waals surface area contributed by atoms with E-state index in [1.807, 2.05) is 0 Å². The van der Waals surface area contributed by atoms with Gasteiger partial charge in [0, 0.05) is 6.04 Å². The average molecular weight is 348 g/mol. The zero-order chi connectivity index (χ0) is 18.7. The van der Waals surface area contributed by atoms with Crippen LogP contribution in [0.1, 0.15) is 119 Å². The van der Waals surface area contributed by atoms with E-state index in [9.17, 15) is 0 Å². The summed E-state index contributed by atoms with van der Waals surface area (Å²) in [4.78, 5) is 0. The molecule has 0 fully saturated rings. The van der Waals surface area contributed by atoms with Gasteiger partial charge in [-0.15, -0.1) is 0 Å². The zero-order valence-corrected chi connectivity index (χ0v) is 18.1. The van der Waals surface area contributed by atoms with Gasteiger partial charge in [-0.1, -0.05) is 65.9 Å². The third-order valence-corrected chi connectivity index (χ3v) is 5.54. The first-order chi connectivity index (χ1) is 12.0. The van der Waals surface area contributed by atoms with Crippen molar-refractivity contribution in [2.24, 2.45) is 0 Å². The third kappa shape index (κ3) is 6.59. The van der Waals surface area contributed by atoms with E-state index in [0.29, 0.717) is 6.04 Å². The molecule has 1 unspecified atom stereocenters. The standard InChI is InChI=1S/C24H45N/c1-7-11-15-21-19-24(18-14-10-4,25-20(5)6)23(17-13-9-3)22(21)16-12-8-2/h19-20,25H,7-18H2,1-6H3. The number of nitrogens with one attached hydrogen (secondary N) is 1. The van der Waals surface area contributed by atoms with Crippen LogP contribution >= 0.6 is 0 Å². The first kappa shape index (κ1) is 22.5. The highest BCUT2D eigenvalue weighted by atomic mass is 15.0. The molecule has 1 aliphatic rings. The largest absolute Gasteiger partial charge is 0.302 e. The number of rotatable bonds is 14. The SMILES string of the molecule is CCCCC1=CC(CCCC)(NC(C)C)C(CCCC)=C1CCCC. The molecule has 25 heavy (non-hydrogen) atoms. The predicted molar refractivity (Wildman–Crippen MR) is 114 cm³/mol. The maximum atomic E-state index is 4.03. The van der Waals surface area contributed by atoms with Crippen LogP contribution in [0.2, 0.25) is 0 Å². The number of hydrogen-bond donors (Lipinski definition) is 1. The van der Waals surface area contributed by atoms with Crippen molar-refractivity contribution in [3.63, 3.8) is 0 Å². The van der Waals surface area contributed by atoms with Crippen LogP contribution in [0, 0.1) is 0 Å². The molecule has 146 valence electrons. The van der Waals surface area contributed by atoms with Crippen molar-refractivity contribution in [2.75, 3.05) is 0 Å². The summed E-state index contributed by atoms with van der Waals surface area (Å²) in [6.07, 6.45) is 18.3. The lowest BCUT2D eigenvalue weighted by Gasteiger charge is -2.35. The van der Waals surface area contributed by atoms with E-state index in [2.05, 4.69) is 52.9 Å². The van der Waals surface area contributed by atoms with Crippen LogP contribution in [0.15, 0.2) is 22.8 Å². The molecule has 0 aromatic heterocycles. The summed E-state index contributed by atoms with van der Waals surface area (Å²) in [6, 6.07) is 0.530. The van der Waals surface area contributed by atoms with Crippen molar-refractivity contribution < 1.29 is 0 Å². The second-order valence-corrected chi connectivity index (χ2v) is 8.31. The van der Waals surface area contributed by atoms with Crippen molar-refractivity contribution in [3.8, 4) is 0 Å². The van der Waals surface area contributed by atoms with E-state index in [0.717, 1.165) is 0 Å². The van der Waals surface area contributed by atoms with Crippen molar-refractivity contribution in [3.05, 3.63) is 22.8 Å². The minimum Gasteiger partial charge on any atom is -0.302 e. The van der Waals surface area contributed by atoms with Crippen LogP contribution in [0.5, 0.6) is 0 Å². The lowest BCUT2D eigenvalue weighted by atomic mass is 9.82. The zero-order valence-electron chi connectivity index (χ0n) is 18.1. The van der Waals surface area contributed by atoms with Gasteiger partial charge in [-0.3, -0.25) is 0 Å². The summed E-state index contributed by atoms with van der Waals surface area (Å²) in [5.41, 5.74) is 5.33. The highest BCUT2D eigenvalue weighted by molar-refractivity contribution is 5.52. The van der Waals surface area contributed by atoms with Gasteiger partial charge in [0.1, 0.15) is 0 Å². The highest BCUT2D eigenvalue weighted by Crippen LogP contribution is 2.44. The Morgan fingerprint density at radius 3 is 1.92 bits per heavy atom. The van der Waals surface area contributed by atoms with Crippen molar-refractivity contribution in [2.45, 2.75) is 130 Å². The van der Waals surface area contributed by atoms with Crippen LogP contribution in [0.25, 0.3) is 0 Å². The fraction of sp³-hybridized carbons (Fsp3) is 0.833. The highest BCUT2D eigenvalue weighted by Gasteiger charge is 2.38. The molecule has 0 saturated carbocycles. The molecule has 0 aromatic rings. The molecule has 1 nitrogen and oxygen atoms in total. The monoisotopic (exact) mass is 347 g/mol. The van der Waals surface area contributed by atoms with E-state index in [1.54, 1.807) is 16.7 Å². The van der Waals surface area contributed by atoms with Crippen LogP contribution in [0.4, 0.5) is 0 Å². The van der Waals surface area contributed by atoms with E-state index < -0.39 is 0 Å². The summed E-state index contributed by atoms with van der Waals surface area (Å²) < 4.78 is 0. The van der Waals surface area contributed by atoms with E-state index >= 15 is 0 Å². The first-order valence-electron chi connectivity index (χ1n) is 11.3. The Morgan fingerprint density at radius 1 is 0.800 bits per heavy atom. The topological polar surface area (TPSA) is 12.0 Å². The Morgan fingerprint density at radius 2 is 1.36 bits per heavy atom. The molecule has 1 N–H and O–H groups in total. The van der Waals surface area contributed by atoms with Gasteiger partial charge in [0.25, 0.3) is 0 Å². The number of hydrogen-bond acceptors (Lipinski definition) is 1. The molecule has 0 bridgehead atoms. The summed E-state index contributed by atoms with van der Waals surface area (Å²) in [5.74, 6) is 0. The Hall–Kier alpha value is -0.560. The predicted octanol–water partition coefficient (Wildman–Crippen LogP) is 7.72. The summed E-state index contributed by atoms with van der Waals surface area (Å²) in [7, 11) is 0. The van der Waals surface area contributed by atoms with E-state index in [4.69, 9.17) is 0 Å². The molecule has 0 radical (unpaired) electrons. The van der Waals surface area contributed by atoms with Crippen molar-refractivity contribution in [1.29, 1.82) is 0 Å². The summed E-state index contributed by atoms with van der Waals surface area (Å²) in [5, 5.41) is 4.03. The molecule has 0 aromatic carbocycles. The molecule has 0 saturated heterocycles. The van der Waals surface area contributed by atoms with Crippen molar-refractivity contribution >= 4 is 0 Å². The van der Waals surface area contributed by atoms with E-state index in [1.165, 1.54) is 77.0 Å². The molecular formula is C24H45N. The molecular weight excluding hydrogens is 302 g/mol.